The molecule has 0 radical (unpaired) electrons. The largest absolute Gasteiger partial charge is 0.493 e. The Balaban J connectivity index is 1.13. The van der Waals surface area contributed by atoms with E-state index in [1.54, 1.807) is 24.5 Å². The maximum absolute atomic E-state index is 14.8. The fraction of sp³-hybridized carbons (Fsp3) is 0.633. The predicted octanol–water partition coefficient (Wildman–Crippen LogP) is 0.515. The summed E-state index contributed by atoms with van der Waals surface area (Å²) in [5, 5.41) is 52.1. The molecule has 0 spiro atoms. The number of rotatable bonds is 15. The summed E-state index contributed by atoms with van der Waals surface area (Å²) in [6.07, 6.45) is 2.92. The van der Waals surface area contributed by atoms with Crippen molar-refractivity contribution in [2.24, 2.45) is 5.92 Å². The van der Waals surface area contributed by atoms with E-state index in [0.717, 1.165) is 38.8 Å². The van der Waals surface area contributed by atoms with Crippen molar-refractivity contribution in [3.63, 3.8) is 0 Å². The zero-order chi connectivity index (χ0) is 31.7. The number of aromatic nitrogens is 2. The van der Waals surface area contributed by atoms with Crippen LogP contribution in [0.15, 0.2) is 30.6 Å². The number of aliphatic hydroxyl groups is 5. The monoisotopic (exact) mass is 639 g/mol. The third kappa shape index (κ3) is 9.67. The molecule has 6 N–H and O–H groups in total. The summed E-state index contributed by atoms with van der Waals surface area (Å²) < 4.78 is 20.6. The van der Waals surface area contributed by atoms with Gasteiger partial charge in [-0.2, -0.15) is 0 Å². The minimum absolute atomic E-state index is 0.0352. The average Bonchev–Trinajstić information content (AvgIpc) is 3.42. The number of likely N-dealkylation sites (tertiary alicyclic amines) is 1. The maximum atomic E-state index is 14.8. The Labute approximate surface area is 261 Å². The number of halogens is 2. The summed E-state index contributed by atoms with van der Waals surface area (Å²) in [5.41, 5.74) is -1.01. The fourth-order valence-electron chi connectivity index (χ4n) is 5.64. The second-order valence-electron chi connectivity index (χ2n) is 11.8. The van der Waals surface area contributed by atoms with Crippen molar-refractivity contribution >= 4 is 23.5 Å². The highest BCUT2D eigenvalue weighted by Crippen LogP contribution is 2.26. The third-order valence-electron chi connectivity index (χ3n) is 8.36. The number of nitrogens with zero attached hydrogens (tertiary/aromatic N) is 4. The highest BCUT2D eigenvalue weighted by atomic mass is 35.5. The van der Waals surface area contributed by atoms with Crippen molar-refractivity contribution < 1.29 is 39.5 Å². The third-order valence-corrected chi connectivity index (χ3v) is 8.56. The maximum Gasteiger partial charge on any atom is 0.227 e. The van der Waals surface area contributed by atoms with Gasteiger partial charge in [0.15, 0.2) is 0 Å². The molecule has 4 rings (SSSR count). The molecule has 1 aromatic carbocycles. The van der Waals surface area contributed by atoms with Gasteiger partial charge in [-0.25, -0.2) is 14.4 Å². The number of amides is 1. The van der Waals surface area contributed by atoms with Crippen LogP contribution in [-0.2, 0) is 11.2 Å². The summed E-state index contributed by atoms with van der Waals surface area (Å²) in [5.74, 6) is 0.849. The van der Waals surface area contributed by atoms with Crippen LogP contribution in [0.1, 0.15) is 37.7 Å². The lowest BCUT2D eigenvalue weighted by Gasteiger charge is -2.31. The molecule has 2 aliphatic rings. The number of benzene rings is 1. The minimum Gasteiger partial charge on any atom is -0.493 e. The van der Waals surface area contributed by atoms with E-state index in [1.807, 2.05) is 0 Å². The molecule has 0 bridgehead atoms. The molecule has 4 unspecified atom stereocenters. The quantitative estimate of drug-likeness (QED) is 0.150. The van der Waals surface area contributed by atoms with Crippen LogP contribution in [0.25, 0.3) is 0 Å². The molecular formula is C30H43ClFN5O7. The molecule has 2 saturated heterocycles. The molecule has 12 nitrogen and oxygen atoms in total. The van der Waals surface area contributed by atoms with Gasteiger partial charge in [-0.1, -0.05) is 17.7 Å². The number of β-amino-alcohol motifs (C(OH)–C–C–N with tert-alkyl or cyclic N) is 1. The molecule has 0 saturated carbocycles. The van der Waals surface area contributed by atoms with E-state index in [0.29, 0.717) is 35.8 Å². The Hall–Kier alpha value is -2.65. The van der Waals surface area contributed by atoms with Gasteiger partial charge in [0.2, 0.25) is 11.9 Å². The van der Waals surface area contributed by atoms with Gasteiger partial charge in [0.05, 0.1) is 55.3 Å². The normalized spacial score (nSPS) is 21.3. The van der Waals surface area contributed by atoms with Gasteiger partial charge in [-0.3, -0.25) is 4.79 Å². The smallest absolute Gasteiger partial charge is 0.227 e. The van der Waals surface area contributed by atoms with Crippen molar-refractivity contribution in [2.45, 2.75) is 62.4 Å². The van der Waals surface area contributed by atoms with Crippen molar-refractivity contribution in [3.05, 3.63) is 47.0 Å². The number of carbonyl (C=O) groups excluding carboxylic acids is 1. The summed E-state index contributed by atoms with van der Waals surface area (Å²) in [4.78, 5) is 25.1. The Morgan fingerprint density at radius 3 is 2.57 bits per heavy atom. The van der Waals surface area contributed by atoms with E-state index >= 15 is 0 Å². The lowest BCUT2D eigenvalue weighted by atomic mass is 9.92. The molecule has 3 heterocycles. The summed E-state index contributed by atoms with van der Waals surface area (Å²) in [6, 6.07) is 4.51. The first kappa shape index (κ1) is 34.2. The second kappa shape index (κ2) is 16.1. The molecule has 1 aromatic heterocycles. The topological polar surface area (TPSA) is 172 Å². The van der Waals surface area contributed by atoms with Crippen LogP contribution in [-0.4, -0.2) is 123 Å². The zero-order valence-corrected chi connectivity index (χ0v) is 25.4. The van der Waals surface area contributed by atoms with Crippen LogP contribution in [0.2, 0.25) is 5.02 Å². The van der Waals surface area contributed by atoms with Gasteiger partial charge in [0, 0.05) is 38.8 Å². The molecule has 44 heavy (non-hydrogen) atoms. The summed E-state index contributed by atoms with van der Waals surface area (Å²) in [6.45, 7) is 1.78. The Morgan fingerprint density at radius 2 is 1.89 bits per heavy atom. The summed E-state index contributed by atoms with van der Waals surface area (Å²) >= 11 is 5.87. The van der Waals surface area contributed by atoms with Crippen molar-refractivity contribution in [1.29, 1.82) is 0 Å². The van der Waals surface area contributed by atoms with Crippen molar-refractivity contribution in [2.75, 3.05) is 57.4 Å². The molecule has 244 valence electrons. The number of piperidine rings is 1. The molecule has 2 fully saturated rings. The molecule has 1 amide bonds. The van der Waals surface area contributed by atoms with Crippen molar-refractivity contribution in [1.82, 2.24) is 20.2 Å². The van der Waals surface area contributed by atoms with E-state index < -0.39 is 36.3 Å². The first-order valence-electron chi connectivity index (χ1n) is 15.1. The van der Waals surface area contributed by atoms with Crippen LogP contribution in [0.5, 0.6) is 5.75 Å². The molecular weight excluding hydrogens is 597 g/mol. The van der Waals surface area contributed by atoms with Crippen LogP contribution in [0.4, 0.5) is 10.3 Å². The average molecular weight is 640 g/mol. The highest BCUT2D eigenvalue weighted by molar-refractivity contribution is 6.30. The van der Waals surface area contributed by atoms with E-state index in [9.17, 15) is 29.6 Å². The number of ether oxygens (including phenoxy) is 1. The van der Waals surface area contributed by atoms with Gasteiger partial charge in [-0.15, -0.1) is 0 Å². The molecule has 2 aromatic rings. The van der Waals surface area contributed by atoms with Crippen LogP contribution < -0.4 is 15.0 Å². The van der Waals surface area contributed by atoms with Crippen LogP contribution >= 0.6 is 11.6 Å². The van der Waals surface area contributed by atoms with E-state index in [4.69, 9.17) is 21.4 Å². The number of hydrogen-bond acceptors (Lipinski definition) is 11. The first-order valence-corrected chi connectivity index (χ1v) is 15.4. The number of hydrogen-bond donors (Lipinski definition) is 6. The minimum atomic E-state index is -1.54. The van der Waals surface area contributed by atoms with Crippen LogP contribution in [0.3, 0.4) is 0 Å². The van der Waals surface area contributed by atoms with Gasteiger partial charge >= 0.3 is 0 Å². The Morgan fingerprint density at radius 1 is 1.16 bits per heavy atom. The summed E-state index contributed by atoms with van der Waals surface area (Å²) in [7, 11) is 0. The zero-order valence-electron chi connectivity index (χ0n) is 24.7. The van der Waals surface area contributed by atoms with Gasteiger partial charge in [0.25, 0.3) is 0 Å². The van der Waals surface area contributed by atoms with E-state index in [-0.39, 0.29) is 43.9 Å². The number of anilines is 1. The highest BCUT2D eigenvalue weighted by Gasteiger charge is 2.38. The molecule has 4 atom stereocenters. The molecule has 0 aliphatic carbocycles. The molecule has 2 aliphatic heterocycles. The van der Waals surface area contributed by atoms with Crippen LogP contribution in [0, 0.1) is 11.7 Å². The fourth-order valence-corrected chi connectivity index (χ4v) is 5.74. The SMILES string of the molecule is O=C(Cc1ccc(OCCCC2CCN(c3ncc(Cl)cn3)CC2)cc1F)N1CCC(O)(CNCC(O)C(O)C(O)CO)C1. The lowest BCUT2D eigenvalue weighted by molar-refractivity contribution is -0.130. The second-order valence-corrected chi connectivity index (χ2v) is 12.2. The number of carbonyl (C=O) groups is 1. The Kier molecular flexibility index (Phi) is 12.5. The number of nitrogens with one attached hydrogen (secondary N) is 1. The number of aliphatic hydroxyl groups excluding tert-OH is 4. The standard InChI is InChI=1S/C30H43ClFN5O7/c31-22-14-34-29(35-15-22)36-8-5-20(6-9-36)2-1-11-44-23-4-3-21(24(32)13-23)12-27(41)37-10-7-30(43,19-37)18-33-16-25(39)28(42)26(40)17-38/h3-4,13-15,20,25-26,28,33,38-40,42-43H,1-2,5-12,16-19H2. The predicted molar refractivity (Wildman–Crippen MR) is 161 cm³/mol. The van der Waals surface area contributed by atoms with Gasteiger partial charge in [0.1, 0.15) is 23.8 Å². The Bertz CT molecular complexity index is 1210. The van der Waals surface area contributed by atoms with E-state index in [1.165, 1.54) is 11.0 Å². The van der Waals surface area contributed by atoms with Gasteiger partial charge in [-0.05, 0) is 49.7 Å². The molecule has 14 heteroatoms. The lowest BCUT2D eigenvalue weighted by Crippen LogP contribution is -2.49. The first-order chi connectivity index (χ1) is 21.1. The van der Waals surface area contributed by atoms with Gasteiger partial charge < -0.3 is 45.4 Å². The van der Waals surface area contributed by atoms with E-state index in [2.05, 4.69) is 20.2 Å². The van der Waals surface area contributed by atoms with Crippen molar-refractivity contribution in [3.8, 4) is 5.75 Å².